The third-order valence-electron chi connectivity index (χ3n) is 2.11. The van der Waals surface area contributed by atoms with Crippen molar-refractivity contribution in [1.82, 2.24) is 10.6 Å². The quantitative estimate of drug-likeness (QED) is 0.642. The number of halogens is 1. The standard InChI is InChI=1S/C9H15FN2O/c1-2-5-11-9(13)12-8-4-3-7(10)6-8/h2,7-8H,1,3-6H2,(H2,11,12,13). The minimum Gasteiger partial charge on any atom is -0.335 e. The number of carbonyl (C=O) groups excluding carboxylic acids is 1. The molecular formula is C9H15FN2O. The van der Waals surface area contributed by atoms with E-state index in [2.05, 4.69) is 17.2 Å². The molecule has 1 rings (SSSR count). The molecule has 2 atom stereocenters. The Bertz CT molecular complexity index is 196. The first-order valence-corrected chi connectivity index (χ1v) is 4.51. The van der Waals surface area contributed by atoms with Crippen LogP contribution in [0.2, 0.25) is 0 Å². The third kappa shape index (κ3) is 3.44. The lowest BCUT2D eigenvalue weighted by atomic mass is 10.2. The number of amides is 2. The molecule has 13 heavy (non-hydrogen) atoms. The Kier molecular flexibility index (Phi) is 3.73. The van der Waals surface area contributed by atoms with E-state index in [9.17, 15) is 9.18 Å². The molecule has 0 aromatic heterocycles. The van der Waals surface area contributed by atoms with Crippen molar-refractivity contribution in [3.8, 4) is 0 Å². The maximum absolute atomic E-state index is 12.7. The van der Waals surface area contributed by atoms with Crippen molar-refractivity contribution in [3.63, 3.8) is 0 Å². The van der Waals surface area contributed by atoms with Gasteiger partial charge in [0, 0.05) is 12.6 Å². The SMILES string of the molecule is C=CCNC(=O)NC1CCC(F)C1. The van der Waals surface area contributed by atoms with Gasteiger partial charge in [-0.05, 0) is 19.3 Å². The van der Waals surface area contributed by atoms with Crippen LogP contribution >= 0.6 is 0 Å². The third-order valence-corrected chi connectivity index (χ3v) is 2.11. The van der Waals surface area contributed by atoms with E-state index in [0.29, 0.717) is 19.4 Å². The molecule has 0 saturated heterocycles. The summed E-state index contributed by atoms with van der Waals surface area (Å²) in [6, 6.07) is -0.237. The second-order valence-electron chi connectivity index (χ2n) is 3.25. The first kappa shape index (κ1) is 10.0. The molecule has 2 amide bonds. The van der Waals surface area contributed by atoms with Gasteiger partial charge < -0.3 is 10.6 Å². The molecule has 1 aliphatic rings. The topological polar surface area (TPSA) is 41.1 Å². The molecule has 1 saturated carbocycles. The van der Waals surface area contributed by atoms with Crippen LogP contribution in [0.4, 0.5) is 9.18 Å². The van der Waals surface area contributed by atoms with Crippen molar-refractivity contribution in [3.05, 3.63) is 12.7 Å². The van der Waals surface area contributed by atoms with Crippen LogP contribution in [0, 0.1) is 0 Å². The molecule has 0 aromatic rings. The van der Waals surface area contributed by atoms with Gasteiger partial charge in [-0.1, -0.05) is 6.08 Å². The smallest absolute Gasteiger partial charge is 0.315 e. The zero-order valence-corrected chi connectivity index (χ0v) is 7.55. The van der Waals surface area contributed by atoms with E-state index in [-0.39, 0.29) is 12.1 Å². The first-order chi connectivity index (χ1) is 6.22. The number of hydrogen-bond acceptors (Lipinski definition) is 1. The molecule has 0 radical (unpaired) electrons. The first-order valence-electron chi connectivity index (χ1n) is 4.51. The van der Waals surface area contributed by atoms with Crippen molar-refractivity contribution in [2.75, 3.05) is 6.54 Å². The summed E-state index contributed by atoms with van der Waals surface area (Å²) in [5, 5.41) is 5.29. The molecule has 0 bridgehead atoms. The van der Waals surface area contributed by atoms with Crippen molar-refractivity contribution in [2.24, 2.45) is 0 Å². The Morgan fingerprint density at radius 1 is 1.62 bits per heavy atom. The Morgan fingerprint density at radius 3 is 2.92 bits per heavy atom. The van der Waals surface area contributed by atoms with Crippen LogP contribution in [-0.2, 0) is 0 Å². The lowest BCUT2D eigenvalue weighted by Gasteiger charge is -2.11. The van der Waals surface area contributed by atoms with Gasteiger partial charge in [-0.2, -0.15) is 0 Å². The van der Waals surface area contributed by atoms with Crippen LogP contribution in [0.25, 0.3) is 0 Å². The van der Waals surface area contributed by atoms with Gasteiger partial charge in [-0.25, -0.2) is 9.18 Å². The molecule has 1 fully saturated rings. The van der Waals surface area contributed by atoms with Gasteiger partial charge in [-0.15, -0.1) is 6.58 Å². The van der Waals surface area contributed by atoms with E-state index >= 15 is 0 Å². The van der Waals surface area contributed by atoms with Crippen LogP contribution in [0.15, 0.2) is 12.7 Å². The second-order valence-corrected chi connectivity index (χ2v) is 3.25. The molecule has 4 heteroatoms. The molecule has 0 heterocycles. The van der Waals surface area contributed by atoms with Crippen molar-refractivity contribution >= 4 is 6.03 Å². The van der Waals surface area contributed by atoms with Gasteiger partial charge in [0.25, 0.3) is 0 Å². The van der Waals surface area contributed by atoms with Crippen molar-refractivity contribution in [1.29, 1.82) is 0 Å². The fraction of sp³-hybridized carbons (Fsp3) is 0.667. The van der Waals surface area contributed by atoms with Crippen LogP contribution in [-0.4, -0.2) is 24.8 Å². The average molecular weight is 186 g/mol. The number of rotatable bonds is 3. The van der Waals surface area contributed by atoms with E-state index in [0.717, 1.165) is 6.42 Å². The Morgan fingerprint density at radius 2 is 2.38 bits per heavy atom. The van der Waals surface area contributed by atoms with Gasteiger partial charge in [-0.3, -0.25) is 0 Å². The maximum atomic E-state index is 12.7. The van der Waals surface area contributed by atoms with Crippen molar-refractivity contribution < 1.29 is 9.18 Å². The second kappa shape index (κ2) is 4.84. The number of carbonyl (C=O) groups is 1. The predicted molar refractivity (Wildman–Crippen MR) is 49.3 cm³/mol. The van der Waals surface area contributed by atoms with Crippen LogP contribution in [0.1, 0.15) is 19.3 Å². The molecule has 0 aromatic carbocycles. The molecule has 0 aliphatic heterocycles. The average Bonchev–Trinajstić information content (AvgIpc) is 2.48. The monoisotopic (exact) mass is 186 g/mol. The molecule has 74 valence electrons. The van der Waals surface area contributed by atoms with Crippen molar-refractivity contribution in [2.45, 2.75) is 31.5 Å². The highest BCUT2D eigenvalue weighted by Gasteiger charge is 2.24. The molecule has 3 nitrogen and oxygen atoms in total. The largest absolute Gasteiger partial charge is 0.335 e. The Balaban J connectivity index is 2.16. The van der Waals surface area contributed by atoms with Gasteiger partial charge >= 0.3 is 6.03 Å². The fourth-order valence-corrected chi connectivity index (χ4v) is 1.46. The number of alkyl halides is 1. The van der Waals surface area contributed by atoms with E-state index < -0.39 is 6.17 Å². The summed E-state index contributed by atoms with van der Waals surface area (Å²) < 4.78 is 12.7. The lowest BCUT2D eigenvalue weighted by Crippen LogP contribution is -2.41. The molecule has 1 aliphatic carbocycles. The van der Waals surface area contributed by atoms with Crippen LogP contribution in [0.3, 0.4) is 0 Å². The van der Waals surface area contributed by atoms with Gasteiger partial charge in [0.15, 0.2) is 0 Å². The number of hydrogen-bond donors (Lipinski definition) is 2. The van der Waals surface area contributed by atoms with Gasteiger partial charge in [0.05, 0.1) is 0 Å². The van der Waals surface area contributed by atoms with E-state index in [1.54, 1.807) is 6.08 Å². The number of urea groups is 1. The minimum atomic E-state index is -0.746. The highest BCUT2D eigenvalue weighted by Crippen LogP contribution is 2.21. The lowest BCUT2D eigenvalue weighted by molar-refractivity contribution is 0.237. The Hall–Kier alpha value is -1.06. The highest BCUT2D eigenvalue weighted by atomic mass is 19.1. The predicted octanol–water partition coefficient (Wildman–Crippen LogP) is 1.36. The van der Waals surface area contributed by atoms with E-state index in [1.807, 2.05) is 0 Å². The Labute approximate surface area is 77.4 Å². The molecule has 2 N–H and O–H groups in total. The summed E-state index contributed by atoms with van der Waals surface area (Å²) >= 11 is 0. The van der Waals surface area contributed by atoms with Crippen LogP contribution in [0.5, 0.6) is 0 Å². The molecular weight excluding hydrogens is 171 g/mol. The summed E-state index contributed by atoms with van der Waals surface area (Å²) in [6.07, 6.45) is 2.60. The summed E-state index contributed by atoms with van der Waals surface area (Å²) in [5.41, 5.74) is 0. The van der Waals surface area contributed by atoms with Crippen LogP contribution < -0.4 is 10.6 Å². The fourth-order valence-electron chi connectivity index (χ4n) is 1.46. The summed E-state index contributed by atoms with van der Waals surface area (Å²) in [7, 11) is 0. The summed E-state index contributed by atoms with van der Waals surface area (Å²) in [6.45, 7) is 3.92. The number of nitrogens with one attached hydrogen (secondary N) is 2. The summed E-state index contributed by atoms with van der Waals surface area (Å²) in [5.74, 6) is 0. The van der Waals surface area contributed by atoms with Gasteiger partial charge in [0.1, 0.15) is 6.17 Å². The normalized spacial score (nSPS) is 26.8. The minimum absolute atomic E-state index is 0.000171. The van der Waals surface area contributed by atoms with E-state index in [1.165, 1.54) is 0 Å². The molecule has 2 unspecified atom stereocenters. The zero-order valence-electron chi connectivity index (χ0n) is 7.55. The van der Waals surface area contributed by atoms with Gasteiger partial charge in [0.2, 0.25) is 0 Å². The van der Waals surface area contributed by atoms with E-state index in [4.69, 9.17) is 0 Å². The highest BCUT2D eigenvalue weighted by molar-refractivity contribution is 5.74. The summed E-state index contributed by atoms with van der Waals surface area (Å²) in [4.78, 5) is 11.1. The maximum Gasteiger partial charge on any atom is 0.315 e. The molecule has 0 spiro atoms. The zero-order chi connectivity index (χ0) is 9.68.